The molecule has 1 unspecified atom stereocenters. The van der Waals surface area contributed by atoms with Crippen LogP contribution in [0.3, 0.4) is 0 Å². The molecule has 3 heterocycles. The Bertz CT molecular complexity index is 976. The fourth-order valence-corrected chi connectivity index (χ4v) is 9.07. The molecule has 1 atom stereocenters. The number of rotatable bonds is 4. The summed E-state index contributed by atoms with van der Waals surface area (Å²) in [6, 6.07) is 6.11. The van der Waals surface area contributed by atoms with Gasteiger partial charge in [-0.15, -0.1) is 11.8 Å². The summed E-state index contributed by atoms with van der Waals surface area (Å²) in [6.07, 6.45) is 4.05. The predicted molar refractivity (Wildman–Crippen MR) is 128 cm³/mol. The van der Waals surface area contributed by atoms with Crippen LogP contribution < -0.4 is 0 Å². The SMILES string of the molecule is Cc1cccc(COC2CSC3(C2)CN(C(=O)C24CC5CC(CC(C5)C2)C4)C3)n1.O=C(O)C(F)(F)F. The van der Waals surface area contributed by atoms with E-state index in [1.165, 1.54) is 38.5 Å². The fraction of sp³-hybridized carbons (Fsp3) is 0.731. The third-order valence-corrected chi connectivity index (χ3v) is 10.1. The molecule has 6 aliphatic rings. The number of likely N-dealkylation sites (tertiary alicyclic amines) is 1. The van der Waals surface area contributed by atoms with E-state index < -0.39 is 12.1 Å². The van der Waals surface area contributed by atoms with Crippen LogP contribution in [0.4, 0.5) is 13.2 Å². The Morgan fingerprint density at radius 3 is 2.22 bits per heavy atom. The second-order valence-corrected chi connectivity index (χ2v) is 13.1. The molecule has 1 aromatic heterocycles. The van der Waals surface area contributed by atoms with Gasteiger partial charge < -0.3 is 14.7 Å². The van der Waals surface area contributed by atoms with Crippen LogP contribution in [-0.2, 0) is 20.9 Å². The Balaban J connectivity index is 0.000000338. The van der Waals surface area contributed by atoms with Gasteiger partial charge in [-0.05, 0) is 81.8 Å². The van der Waals surface area contributed by atoms with Crippen LogP contribution >= 0.6 is 11.8 Å². The summed E-state index contributed by atoms with van der Waals surface area (Å²) in [4.78, 5) is 29.2. The zero-order chi connectivity index (χ0) is 25.7. The fourth-order valence-electron chi connectivity index (χ4n) is 7.51. The minimum Gasteiger partial charge on any atom is -0.475 e. The Labute approximate surface area is 213 Å². The van der Waals surface area contributed by atoms with Gasteiger partial charge in [0.25, 0.3) is 0 Å². The number of carbonyl (C=O) groups is 2. The molecule has 0 aromatic carbocycles. The van der Waals surface area contributed by atoms with Crippen molar-refractivity contribution in [1.82, 2.24) is 9.88 Å². The van der Waals surface area contributed by atoms with Gasteiger partial charge in [0, 0.05) is 24.5 Å². The van der Waals surface area contributed by atoms with Gasteiger partial charge >= 0.3 is 12.1 Å². The van der Waals surface area contributed by atoms with Crippen LogP contribution in [-0.4, -0.2) is 62.7 Å². The average Bonchev–Trinajstić information content (AvgIpc) is 3.20. The minimum atomic E-state index is -5.08. The van der Waals surface area contributed by atoms with Crippen molar-refractivity contribution in [3.8, 4) is 0 Å². The van der Waals surface area contributed by atoms with Crippen molar-refractivity contribution in [1.29, 1.82) is 0 Å². The Hall–Kier alpha value is -1.81. The van der Waals surface area contributed by atoms with Gasteiger partial charge in [-0.1, -0.05) is 6.07 Å². The Morgan fingerprint density at radius 1 is 1.11 bits per heavy atom. The number of carboxylic acid groups (broad SMARTS) is 1. The van der Waals surface area contributed by atoms with Gasteiger partial charge in [-0.2, -0.15) is 13.2 Å². The monoisotopic (exact) mass is 526 g/mol. The van der Waals surface area contributed by atoms with Gasteiger partial charge in [0.05, 0.1) is 28.6 Å². The summed E-state index contributed by atoms with van der Waals surface area (Å²) in [5, 5.41) is 7.12. The summed E-state index contributed by atoms with van der Waals surface area (Å²) in [7, 11) is 0. The van der Waals surface area contributed by atoms with E-state index in [4.69, 9.17) is 14.6 Å². The summed E-state index contributed by atoms with van der Waals surface area (Å²) in [5.74, 6) is 1.33. The quantitative estimate of drug-likeness (QED) is 0.605. The maximum absolute atomic E-state index is 13.5. The molecule has 2 aliphatic heterocycles. The topological polar surface area (TPSA) is 79.7 Å². The van der Waals surface area contributed by atoms with E-state index >= 15 is 0 Å². The molecule has 1 amide bonds. The second kappa shape index (κ2) is 9.49. The van der Waals surface area contributed by atoms with Crippen molar-refractivity contribution in [2.24, 2.45) is 23.2 Å². The molecular formula is C26H33F3N2O4S. The van der Waals surface area contributed by atoms with Crippen molar-refractivity contribution in [3.05, 3.63) is 29.6 Å². The molecule has 4 saturated carbocycles. The molecule has 6 fully saturated rings. The Kier molecular flexibility index (Phi) is 6.81. The molecule has 10 heteroatoms. The van der Waals surface area contributed by atoms with Crippen molar-refractivity contribution in [3.63, 3.8) is 0 Å². The van der Waals surface area contributed by atoms with E-state index in [9.17, 15) is 18.0 Å². The van der Waals surface area contributed by atoms with Gasteiger partial charge in [0.15, 0.2) is 0 Å². The van der Waals surface area contributed by atoms with Crippen molar-refractivity contribution >= 4 is 23.6 Å². The molecule has 1 aromatic rings. The van der Waals surface area contributed by atoms with Gasteiger partial charge in [-0.3, -0.25) is 9.78 Å². The summed E-state index contributed by atoms with van der Waals surface area (Å²) in [6.45, 7) is 4.51. The first-order valence-corrected chi connectivity index (χ1v) is 13.7. The highest BCUT2D eigenvalue weighted by Crippen LogP contribution is 2.61. The first-order chi connectivity index (χ1) is 17.0. The lowest BCUT2D eigenvalue weighted by Gasteiger charge is -2.59. The number of ether oxygens (including phenoxy) is 1. The van der Waals surface area contributed by atoms with Crippen LogP contribution in [0.5, 0.6) is 0 Å². The number of hydrogen-bond donors (Lipinski definition) is 1. The van der Waals surface area contributed by atoms with Crippen molar-refractivity contribution < 1.29 is 32.6 Å². The second-order valence-electron chi connectivity index (χ2n) is 11.6. The number of amides is 1. The van der Waals surface area contributed by atoms with Crippen LogP contribution in [0.25, 0.3) is 0 Å². The molecule has 2 saturated heterocycles. The lowest BCUT2D eigenvalue weighted by Crippen LogP contribution is -2.65. The first-order valence-electron chi connectivity index (χ1n) is 12.7. The number of hydrogen-bond acceptors (Lipinski definition) is 5. The molecule has 4 aliphatic carbocycles. The van der Waals surface area contributed by atoms with E-state index in [1.807, 2.05) is 36.9 Å². The van der Waals surface area contributed by atoms with Crippen LogP contribution in [0, 0.1) is 30.1 Å². The highest BCUT2D eigenvalue weighted by molar-refractivity contribution is 8.01. The number of pyridine rings is 1. The number of alkyl halides is 3. The molecule has 198 valence electrons. The molecule has 1 N–H and O–H groups in total. The largest absolute Gasteiger partial charge is 0.490 e. The molecule has 36 heavy (non-hydrogen) atoms. The van der Waals surface area contributed by atoms with Crippen molar-refractivity contribution in [2.45, 2.75) is 75.5 Å². The van der Waals surface area contributed by atoms with Gasteiger partial charge in [0.1, 0.15) is 0 Å². The maximum atomic E-state index is 13.5. The number of aromatic nitrogens is 1. The molecule has 0 radical (unpaired) electrons. The third-order valence-electron chi connectivity index (χ3n) is 8.57. The number of carbonyl (C=O) groups excluding carboxylic acids is 1. The zero-order valence-corrected chi connectivity index (χ0v) is 21.2. The maximum Gasteiger partial charge on any atom is 0.490 e. The van der Waals surface area contributed by atoms with Gasteiger partial charge in [0.2, 0.25) is 5.91 Å². The molecule has 7 rings (SSSR count). The molecule has 4 bridgehead atoms. The van der Waals surface area contributed by atoms with E-state index in [0.717, 1.165) is 54.4 Å². The minimum absolute atomic E-state index is 0.0202. The summed E-state index contributed by atoms with van der Waals surface area (Å²) >= 11 is 2.04. The van der Waals surface area contributed by atoms with Crippen LogP contribution in [0.1, 0.15) is 56.3 Å². The van der Waals surface area contributed by atoms with E-state index in [1.54, 1.807) is 0 Å². The lowest BCUT2D eigenvalue weighted by molar-refractivity contribution is -0.192. The number of aryl methyl sites for hydroxylation is 1. The number of nitrogens with zero attached hydrogens (tertiary/aromatic N) is 2. The van der Waals surface area contributed by atoms with Crippen LogP contribution in [0.15, 0.2) is 18.2 Å². The summed E-state index contributed by atoms with van der Waals surface area (Å²) in [5.41, 5.74) is 2.08. The van der Waals surface area contributed by atoms with Crippen LogP contribution in [0.2, 0.25) is 0 Å². The normalized spacial score (nSPS) is 33.7. The van der Waals surface area contributed by atoms with E-state index in [2.05, 4.69) is 9.88 Å². The number of halogens is 3. The van der Waals surface area contributed by atoms with Gasteiger partial charge in [-0.25, -0.2) is 4.79 Å². The Morgan fingerprint density at radius 2 is 1.69 bits per heavy atom. The third kappa shape index (κ3) is 5.26. The standard InChI is InChI=1S/C24H32N2O2S.C2HF3O2/c1-16-3-2-4-20(25-16)12-28-21-11-24(29-13-21)14-26(15-24)22(27)23-8-17-5-18(9-23)7-19(6-17)10-23;3-2(4,5)1(6)7/h2-4,17-19,21H,5-15H2,1H3;(H,6,7). The highest BCUT2D eigenvalue weighted by atomic mass is 32.2. The smallest absolute Gasteiger partial charge is 0.475 e. The number of aliphatic carboxylic acids is 1. The predicted octanol–water partition coefficient (Wildman–Crippen LogP) is 4.84. The molecular weight excluding hydrogens is 493 g/mol. The molecule has 6 nitrogen and oxygen atoms in total. The van der Waals surface area contributed by atoms with Crippen molar-refractivity contribution in [2.75, 3.05) is 18.8 Å². The lowest BCUT2D eigenvalue weighted by atomic mass is 9.49. The van der Waals surface area contributed by atoms with E-state index in [0.29, 0.717) is 18.6 Å². The molecule has 1 spiro atoms. The zero-order valence-electron chi connectivity index (χ0n) is 20.4. The number of thioether (sulfide) groups is 1. The summed E-state index contributed by atoms with van der Waals surface area (Å²) < 4.78 is 38.2. The van der Waals surface area contributed by atoms with E-state index in [-0.39, 0.29) is 10.2 Å². The first kappa shape index (κ1) is 25.8. The average molecular weight is 527 g/mol. The number of carboxylic acids is 1. The highest BCUT2D eigenvalue weighted by Gasteiger charge is 2.59.